The maximum absolute atomic E-state index is 12.4. The summed E-state index contributed by atoms with van der Waals surface area (Å²) in [5.41, 5.74) is 4.92. The molecule has 0 atom stereocenters. The van der Waals surface area contributed by atoms with Gasteiger partial charge in [0.05, 0.1) is 21.3 Å². The van der Waals surface area contributed by atoms with Crippen LogP contribution < -0.4 is 5.56 Å². The van der Waals surface area contributed by atoms with Crippen molar-refractivity contribution >= 4 is 32.6 Å². The lowest BCUT2D eigenvalue weighted by Gasteiger charge is -2.04. The number of rotatable bonds is 1. The topological polar surface area (TPSA) is 58.6 Å². The minimum absolute atomic E-state index is 0.199. The summed E-state index contributed by atoms with van der Waals surface area (Å²) < 4.78 is 1.05. The number of hydrogen-bond donors (Lipinski definition) is 1. The first-order chi connectivity index (χ1) is 10.6. The molecule has 4 aromatic rings. The number of aryl methyl sites for hydroxylation is 2. The highest BCUT2D eigenvalue weighted by Gasteiger charge is 2.13. The number of benzene rings is 2. The van der Waals surface area contributed by atoms with Crippen molar-refractivity contribution in [3.8, 4) is 10.7 Å². The molecular formula is C17H13N3OS. The van der Waals surface area contributed by atoms with E-state index in [1.165, 1.54) is 11.3 Å². The second-order valence-electron chi connectivity index (χ2n) is 5.35. The Balaban J connectivity index is 1.99. The lowest BCUT2D eigenvalue weighted by atomic mass is 10.1. The normalized spacial score (nSPS) is 11.4. The molecule has 0 bridgehead atoms. The summed E-state index contributed by atoms with van der Waals surface area (Å²) in [6.45, 7) is 4.06. The molecule has 1 N–H and O–H groups in total. The average molecular weight is 307 g/mol. The number of nitrogens with zero attached hydrogens (tertiary/aromatic N) is 2. The van der Waals surface area contributed by atoms with E-state index < -0.39 is 0 Å². The van der Waals surface area contributed by atoms with Gasteiger partial charge in [0.1, 0.15) is 5.01 Å². The molecule has 0 aliphatic heterocycles. The number of nitrogens with one attached hydrogen (secondary N) is 1. The van der Waals surface area contributed by atoms with Crippen LogP contribution in [0, 0.1) is 13.8 Å². The Kier molecular flexibility index (Phi) is 2.84. The molecule has 22 heavy (non-hydrogen) atoms. The van der Waals surface area contributed by atoms with Crippen LogP contribution in [0.1, 0.15) is 11.1 Å². The summed E-state index contributed by atoms with van der Waals surface area (Å²) in [7, 11) is 0. The molecule has 0 saturated heterocycles. The Labute approximate surface area is 130 Å². The second kappa shape index (κ2) is 4.74. The summed E-state index contributed by atoms with van der Waals surface area (Å²) in [4.78, 5) is 24.3. The molecule has 0 amide bonds. The predicted octanol–water partition coefficient (Wildman–Crippen LogP) is 3.82. The number of fused-ring (bicyclic) bond motifs is 2. The fourth-order valence-electron chi connectivity index (χ4n) is 2.46. The third-order valence-corrected chi connectivity index (χ3v) is 4.85. The Bertz CT molecular complexity index is 1050. The van der Waals surface area contributed by atoms with Gasteiger partial charge >= 0.3 is 0 Å². The average Bonchev–Trinajstić information content (AvgIpc) is 2.92. The van der Waals surface area contributed by atoms with Gasteiger partial charge in [0.25, 0.3) is 5.56 Å². The van der Waals surface area contributed by atoms with E-state index >= 15 is 0 Å². The van der Waals surface area contributed by atoms with Gasteiger partial charge in [-0.15, -0.1) is 11.3 Å². The largest absolute Gasteiger partial charge is 0.319 e. The van der Waals surface area contributed by atoms with Crippen molar-refractivity contribution in [2.24, 2.45) is 0 Å². The molecule has 2 aromatic heterocycles. The number of para-hydroxylation sites is 1. The maximum atomic E-state index is 12.4. The first-order valence-corrected chi connectivity index (χ1v) is 7.81. The number of aromatic amines is 1. The van der Waals surface area contributed by atoms with Crippen LogP contribution in [0.4, 0.5) is 0 Å². The van der Waals surface area contributed by atoms with Gasteiger partial charge in [0, 0.05) is 0 Å². The van der Waals surface area contributed by atoms with Crippen molar-refractivity contribution in [1.82, 2.24) is 15.0 Å². The fraction of sp³-hybridized carbons (Fsp3) is 0.118. The Morgan fingerprint density at radius 3 is 2.59 bits per heavy atom. The number of hydrogen-bond acceptors (Lipinski definition) is 4. The highest BCUT2D eigenvalue weighted by Crippen LogP contribution is 2.28. The molecule has 2 aromatic carbocycles. The summed E-state index contributed by atoms with van der Waals surface area (Å²) in [5, 5.41) is 0.655. The molecule has 0 spiro atoms. The molecule has 5 heteroatoms. The molecule has 0 fully saturated rings. The lowest BCUT2D eigenvalue weighted by molar-refractivity contribution is 1.20. The van der Waals surface area contributed by atoms with E-state index in [4.69, 9.17) is 0 Å². The van der Waals surface area contributed by atoms with Crippen molar-refractivity contribution < 1.29 is 0 Å². The van der Waals surface area contributed by atoms with Gasteiger partial charge in [-0.25, -0.2) is 9.97 Å². The van der Waals surface area contributed by atoms with E-state index in [0.29, 0.717) is 10.7 Å². The highest BCUT2D eigenvalue weighted by atomic mass is 32.1. The van der Waals surface area contributed by atoms with Crippen LogP contribution in [0.15, 0.2) is 41.2 Å². The van der Waals surface area contributed by atoms with E-state index in [0.717, 1.165) is 32.4 Å². The zero-order chi connectivity index (χ0) is 15.3. The van der Waals surface area contributed by atoms with Gasteiger partial charge < -0.3 is 4.98 Å². The van der Waals surface area contributed by atoms with Crippen LogP contribution in [0.5, 0.6) is 0 Å². The van der Waals surface area contributed by atoms with E-state index in [1.54, 1.807) is 0 Å². The zero-order valence-corrected chi connectivity index (χ0v) is 13.0. The second-order valence-corrected chi connectivity index (χ2v) is 6.39. The molecule has 0 saturated carbocycles. The molecular weight excluding hydrogens is 294 g/mol. The van der Waals surface area contributed by atoms with Gasteiger partial charge in [-0.3, -0.25) is 4.79 Å². The molecule has 4 nitrogen and oxygen atoms in total. The third kappa shape index (κ3) is 2.02. The number of H-pyrrole nitrogens is 1. The predicted molar refractivity (Wildman–Crippen MR) is 90.5 cm³/mol. The molecule has 0 unspecified atom stereocenters. The van der Waals surface area contributed by atoms with Crippen LogP contribution in [-0.2, 0) is 0 Å². The first kappa shape index (κ1) is 13.2. The van der Waals surface area contributed by atoms with Crippen LogP contribution in [-0.4, -0.2) is 15.0 Å². The van der Waals surface area contributed by atoms with E-state index in [9.17, 15) is 4.79 Å². The Morgan fingerprint density at radius 1 is 1.00 bits per heavy atom. The SMILES string of the molecule is Cc1cc2nc(-c3nc4ccccc4s3)c(=O)[nH]c2cc1C. The maximum Gasteiger partial charge on any atom is 0.277 e. The quantitative estimate of drug-likeness (QED) is 0.581. The summed E-state index contributed by atoms with van der Waals surface area (Å²) in [5.74, 6) is 0. The summed E-state index contributed by atoms with van der Waals surface area (Å²) >= 11 is 1.49. The van der Waals surface area contributed by atoms with Gasteiger partial charge in [-0.1, -0.05) is 12.1 Å². The van der Waals surface area contributed by atoms with Gasteiger partial charge in [0.2, 0.25) is 0 Å². The molecule has 0 aliphatic carbocycles. The first-order valence-electron chi connectivity index (χ1n) is 6.99. The fourth-order valence-corrected chi connectivity index (χ4v) is 3.42. The van der Waals surface area contributed by atoms with Crippen LogP contribution in [0.3, 0.4) is 0 Å². The zero-order valence-electron chi connectivity index (χ0n) is 12.2. The van der Waals surface area contributed by atoms with Gasteiger partial charge in [0.15, 0.2) is 5.69 Å². The van der Waals surface area contributed by atoms with E-state index in [-0.39, 0.29) is 5.56 Å². The number of aromatic nitrogens is 3. The molecule has 2 heterocycles. The van der Waals surface area contributed by atoms with Crippen molar-refractivity contribution in [2.45, 2.75) is 13.8 Å². The van der Waals surface area contributed by atoms with E-state index in [2.05, 4.69) is 15.0 Å². The van der Waals surface area contributed by atoms with Crippen molar-refractivity contribution in [2.75, 3.05) is 0 Å². The van der Waals surface area contributed by atoms with Crippen LogP contribution >= 0.6 is 11.3 Å². The standard InChI is InChI=1S/C17H13N3OS/c1-9-7-12-13(8-10(9)2)19-16(21)15(18-12)17-20-11-5-3-4-6-14(11)22-17/h3-8H,1-2H3,(H,19,21). The summed E-state index contributed by atoms with van der Waals surface area (Å²) in [6, 6.07) is 11.8. The smallest absolute Gasteiger partial charge is 0.277 e. The minimum atomic E-state index is -0.199. The molecule has 0 radical (unpaired) electrons. The molecule has 0 aliphatic rings. The summed E-state index contributed by atoms with van der Waals surface area (Å²) in [6.07, 6.45) is 0. The Morgan fingerprint density at radius 2 is 1.77 bits per heavy atom. The van der Waals surface area contributed by atoms with Crippen molar-refractivity contribution in [3.05, 3.63) is 57.9 Å². The third-order valence-electron chi connectivity index (χ3n) is 3.80. The van der Waals surface area contributed by atoms with Crippen LogP contribution in [0.2, 0.25) is 0 Å². The minimum Gasteiger partial charge on any atom is -0.319 e. The van der Waals surface area contributed by atoms with Crippen LogP contribution in [0.25, 0.3) is 32.0 Å². The van der Waals surface area contributed by atoms with E-state index in [1.807, 2.05) is 50.2 Å². The molecule has 108 valence electrons. The highest BCUT2D eigenvalue weighted by molar-refractivity contribution is 7.21. The molecule has 4 rings (SSSR count). The van der Waals surface area contributed by atoms with Crippen molar-refractivity contribution in [3.63, 3.8) is 0 Å². The monoisotopic (exact) mass is 307 g/mol. The van der Waals surface area contributed by atoms with Gasteiger partial charge in [-0.2, -0.15) is 0 Å². The van der Waals surface area contributed by atoms with Gasteiger partial charge in [-0.05, 0) is 49.2 Å². The lowest BCUT2D eigenvalue weighted by Crippen LogP contribution is -2.11. The Hall–Kier alpha value is -2.53. The van der Waals surface area contributed by atoms with Crippen molar-refractivity contribution in [1.29, 1.82) is 0 Å². The number of thiazole rings is 1.